The highest BCUT2D eigenvalue weighted by Crippen LogP contribution is 2.34. The Bertz CT molecular complexity index is 1370. The predicted octanol–water partition coefficient (Wildman–Crippen LogP) is 2.11. The van der Waals surface area contributed by atoms with Crippen LogP contribution in [-0.2, 0) is 13.0 Å². The number of fused-ring (bicyclic) bond motifs is 2. The number of aryl methyl sites for hydroxylation is 1. The fraction of sp³-hybridized carbons (Fsp3) is 0.238. The molecule has 0 amide bonds. The second kappa shape index (κ2) is 7.63. The van der Waals surface area contributed by atoms with Gasteiger partial charge >= 0.3 is 5.69 Å². The molecule has 10 nitrogen and oxygen atoms in total. The van der Waals surface area contributed by atoms with Crippen molar-refractivity contribution >= 4 is 10.9 Å². The summed E-state index contributed by atoms with van der Waals surface area (Å²) in [6.07, 6.45) is 0.900. The van der Waals surface area contributed by atoms with E-state index in [0.29, 0.717) is 47.0 Å². The third kappa shape index (κ3) is 3.52. The predicted molar refractivity (Wildman–Crippen MR) is 110 cm³/mol. The molecule has 1 aliphatic rings. The Morgan fingerprint density at radius 2 is 1.90 bits per heavy atom. The van der Waals surface area contributed by atoms with Gasteiger partial charge in [-0.2, -0.15) is 4.98 Å². The van der Waals surface area contributed by atoms with Gasteiger partial charge in [0.05, 0.1) is 18.0 Å². The molecule has 1 aliphatic heterocycles. The number of nitrogens with one attached hydrogen (secondary N) is 1. The van der Waals surface area contributed by atoms with Crippen molar-refractivity contribution in [3.8, 4) is 28.6 Å². The molecule has 2 aromatic heterocycles. The first kappa shape index (κ1) is 18.9. The number of hydrogen-bond donors (Lipinski definition) is 1. The van der Waals surface area contributed by atoms with Crippen molar-refractivity contribution in [2.45, 2.75) is 19.4 Å². The minimum Gasteiger partial charge on any atom is -0.497 e. The molecule has 31 heavy (non-hydrogen) atoms. The Kier molecular flexibility index (Phi) is 4.66. The van der Waals surface area contributed by atoms with E-state index in [9.17, 15) is 9.59 Å². The van der Waals surface area contributed by atoms with Crippen molar-refractivity contribution in [2.75, 3.05) is 13.9 Å². The van der Waals surface area contributed by atoms with Gasteiger partial charge in [0.2, 0.25) is 18.5 Å². The largest absolute Gasteiger partial charge is 0.497 e. The van der Waals surface area contributed by atoms with Crippen LogP contribution in [0.5, 0.6) is 17.2 Å². The molecule has 10 heteroatoms. The Balaban J connectivity index is 1.31. The van der Waals surface area contributed by atoms with Crippen LogP contribution in [0.2, 0.25) is 0 Å². The summed E-state index contributed by atoms with van der Waals surface area (Å²) in [5.74, 6) is 2.63. The number of benzene rings is 2. The van der Waals surface area contributed by atoms with Crippen molar-refractivity contribution in [1.29, 1.82) is 0 Å². The van der Waals surface area contributed by atoms with Gasteiger partial charge in [-0.15, -0.1) is 0 Å². The average molecular weight is 422 g/mol. The van der Waals surface area contributed by atoms with Crippen molar-refractivity contribution in [3.63, 3.8) is 0 Å². The third-order valence-electron chi connectivity index (χ3n) is 5.06. The second-order valence-corrected chi connectivity index (χ2v) is 6.98. The first-order chi connectivity index (χ1) is 15.1. The number of rotatable bonds is 6. The number of H-pyrrole nitrogens is 1. The number of nitrogens with zero attached hydrogens (tertiary/aromatic N) is 3. The molecule has 0 spiro atoms. The van der Waals surface area contributed by atoms with E-state index in [-0.39, 0.29) is 18.9 Å². The lowest BCUT2D eigenvalue weighted by atomic mass is 10.2. The van der Waals surface area contributed by atoms with Gasteiger partial charge in [-0.05, 0) is 36.8 Å². The number of methoxy groups -OCH3 is 1. The molecule has 0 fully saturated rings. The highest BCUT2D eigenvalue weighted by molar-refractivity contribution is 5.81. The molecule has 0 aliphatic carbocycles. The topological polar surface area (TPSA) is 121 Å². The zero-order chi connectivity index (χ0) is 21.4. The zero-order valence-electron chi connectivity index (χ0n) is 16.6. The summed E-state index contributed by atoms with van der Waals surface area (Å²) in [5, 5.41) is 4.35. The number of aromatic amines is 1. The van der Waals surface area contributed by atoms with E-state index >= 15 is 0 Å². The van der Waals surface area contributed by atoms with E-state index in [1.165, 1.54) is 0 Å². The Morgan fingerprint density at radius 1 is 1.13 bits per heavy atom. The maximum atomic E-state index is 12.8. The van der Waals surface area contributed by atoms with Crippen LogP contribution in [0.15, 0.2) is 50.5 Å². The van der Waals surface area contributed by atoms with E-state index in [1.807, 2.05) is 24.3 Å². The van der Waals surface area contributed by atoms with E-state index in [0.717, 1.165) is 15.9 Å². The van der Waals surface area contributed by atoms with Crippen LogP contribution in [0.4, 0.5) is 0 Å². The third-order valence-corrected chi connectivity index (χ3v) is 5.06. The molecule has 3 heterocycles. The van der Waals surface area contributed by atoms with E-state index in [1.54, 1.807) is 19.2 Å². The van der Waals surface area contributed by atoms with Gasteiger partial charge in [0, 0.05) is 24.6 Å². The van der Waals surface area contributed by atoms with Crippen LogP contribution >= 0.6 is 0 Å². The maximum absolute atomic E-state index is 12.8. The quantitative estimate of drug-likeness (QED) is 0.501. The number of ether oxygens (including phenoxy) is 3. The highest BCUT2D eigenvalue weighted by Gasteiger charge is 2.18. The first-order valence-electron chi connectivity index (χ1n) is 9.66. The summed E-state index contributed by atoms with van der Waals surface area (Å²) in [7, 11) is 1.60. The molecule has 4 aromatic rings. The van der Waals surface area contributed by atoms with Gasteiger partial charge in [0.25, 0.3) is 5.56 Å². The van der Waals surface area contributed by atoms with Crippen molar-refractivity contribution in [2.24, 2.45) is 0 Å². The number of hydrogen-bond acceptors (Lipinski definition) is 8. The summed E-state index contributed by atoms with van der Waals surface area (Å²) in [4.78, 5) is 32.3. The lowest BCUT2D eigenvalue weighted by Gasteiger charge is -2.06. The molecule has 0 saturated heterocycles. The van der Waals surface area contributed by atoms with Gasteiger partial charge in [-0.3, -0.25) is 9.36 Å². The molecule has 1 N–H and O–H groups in total. The van der Waals surface area contributed by atoms with Gasteiger partial charge in [0.1, 0.15) is 5.75 Å². The van der Waals surface area contributed by atoms with E-state index in [2.05, 4.69) is 15.1 Å². The molecular formula is C21H18N4O6. The lowest BCUT2D eigenvalue weighted by Crippen LogP contribution is -2.35. The first-order valence-corrected chi connectivity index (χ1v) is 9.66. The molecule has 0 saturated carbocycles. The second-order valence-electron chi connectivity index (χ2n) is 6.98. The maximum Gasteiger partial charge on any atom is 0.328 e. The molecule has 0 radical (unpaired) electrons. The van der Waals surface area contributed by atoms with Crippen molar-refractivity contribution in [1.82, 2.24) is 19.7 Å². The summed E-state index contributed by atoms with van der Waals surface area (Å²) in [6, 6.07) is 10.5. The smallest absolute Gasteiger partial charge is 0.328 e. The van der Waals surface area contributed by atoms with Gasteiger partial charge in [0.15, 0.2) is 11.5 Å². The zero-order valence-corrected chi connectivity index (χ0v) is 16.6. The van der Waals surface area contributed by atoms with E-state index in [4.69, 9.17) is 18.7 Å². The van der Waals surface area contributed by atoms with Gasteiger partial charge in [-0.1, -0.05) is 5.16 Å². The molecule has 0 bridgehead atoms. The Morgan fingerprint density at radius 3 is 2.68 bits per heavy atom. The summed E-state index contributed by atoms with van der Waals surface area (Å²) >= 11 is 0. The monoisotopic (exact) mass is 422 g/mol. The van der Waals surface area contributed by atoms with Crippen LogP contribution in [0, 0.1) is 0 Å². The van der Waals surface area contributed by atoms with E-state index < -0.39 is 5.69 Å². The van der Waals surface area contributed by atoms with Crippen LogP contribution in [0.3, 0.4) is 0 Å². The average Bonchev–Trinajstić information content (AvgIpc) is 3.44. The lowest BCUT2D eigenvalue weighted by molar-refractivity contribution is 0.174. The molecule has 0 unspecified atom stereocenters. The van der Waals surface area contributed by atoms with Crippen molar-refractivity contribution in [3.05, 3.63) is 63.1 Å². The van der Waals surface area contributed by atoms with Crippen LogP contribution in [0.1, 0.15) is 12.3 Å². The fourth-order valence-electron chi connectivity index (χ4n) is 3.45. The van der Waals surface area contributed by atoms with Crippen LogP contribution in [-0.4, -0.2) is 33.6 Å². The van der Waals surface area contributed by atoms with Gasteiger partial charge < -0.3 is 23.7 Å². The van der Waals surface area contributed by atoms with Crippen LogP contribution < -0.4 is 25.5 Å². The van der Waals surface area contributed by atoms with Crippen LogP contribution in [0.25, 0.3) is 22.3 Å². The Hall–Kier alpha value is -4.08. The fourth-order valence-corrected chi connectivity index (χ4v) is 3.45. The normalized spacial score (nSPS) is 12.4. The van der Waals surface area contributed by atoms with Gasteiger partial charge in [-0.25, -0.2) is 4.79 Å². The summed E-state index contributed by atoms with van der Waals surface area (Å²) < 4.78 is 22.2. The minimum atomic E-state index is -0.485. The Labute approximate surface area is 175 Å². The number of aromatic nitrogens is 4. The summed E-state index contributed by atoms with van der Waals surface area (Å²) in [6.45, 7) is 0.297. The van der Waals surface area contributed by atoms with Crippen molar-refractivity contribution < 1.29 is 18.7 Å². The highest BCUT2D eigenvalue weighted by atomic mass is 16.7. The molecule has 2 aromatic carbocycles. The SMILES string of the molecule is COc1ccc(-c2noc(CCCn3c(=O)[nH]c4cc5c(cc4c3=O)OCO5)n2)cc1. The molecule has 158 valence electrons. The summed E-state index contributed by atoms with van der Waals surface area (Å²) in [5.41, 5.74) is 0.343. The standard InChI is InChI=1S/C21H18N4O6/c1-28-13-6-4-12(5-7-13)19-23-18(31-24-19)3-2-8-25-20(26)14-9-16-17(30-11-29-16)10-15(14)22-21(25)27/h4-7,9-10H,2-3,8,11H2,1H3,(H,22,27). The molecule has 5 rings (SSSR count). The molecule has 0 atom stereocenters. The molecular weight excluding hydrogens is 404 g/mol. The minimum absolute atomic E-state index is 0.0901.